The molecule has 0 aliphatic rings. The van der Waals surface area contributed by atoms with E-state index in [4.69, 9.17) is 19.8 Å². The first kappa shape index (κ1) is 22.5. The molecule has 0 aliphatic heterocycles. The molecule has 58 valence electrons. The van der Waals surface area contributed by atoms with Crippen molar-refractivity contribution in [2.24, 2.45) is 0 Å². The van der Waals surface area contributed by atoms with Crippen molar-refractivity contribution in [1.82, 2.24) is 0 Å². The predicted molar refractivity (Wildman–Crippen MR) is 21.4 cm³/mol. The quantitative estimate of drug-likeness (QED) is 0.429. The minimum atomic E-state index is -1.08. The van der Waals surface area contributed by atoms with Gasteiger partial charge in [-0.25, -0.2) is 0 Å². The molecule has 0 heterocycles. The van der Waals surface area contributed by atoms with E-state index < -0.39 is 11.9 Å². The van der Waals surface area contributed by atoms with E-state index in [0.717, 1.165) is 13.8 Å². The fraction of sp³-hybridized carbons (Fsp3) is 0.500. The number of rotatable bonds is 0. The fourth-order valence-corrected chi connectivity index (χ4v) is 0. The van der Waals surface area contributed by atoms with Crippen LogP contribution in [-0.2, 0) is 43.7 Å². The topological polar surface area (TPSA) is 80.3 Å². The number of carboxylic acids is 2. The van der Waals surface area contributed by atoms with Crippen molar-refractivity contribution in [3.63, 3.8) is 0 Å². The van der Waals surface area contributed by atoms with Gasteiger partial charge in [0, 0.05) is 11.9 Å². The summed E-state index contributed by atoms with van der Waals surface area (Å²) in [5, 5.41) is 17.8. The first-order valence-corrected chi connectivity index (χ1v) is 1.82. The molecule has 0 rings (SSSR count). The molecule has 0 saturated carbocycles. The Hall–Kier alpha value is -0.0210. The van der Waals surface area contributed by atoms with Crippen LogP contribution in [0.1, 0.15) is 13.8 Å². The van der Waals surface area contributed by atoms with Gasteiger partial charge in [0.25, 0.3) is 0 Å². The Morgan fingerprint density at radius 1 is 0.900 bits per heavy atom. The maximum atomic E-state index is 8.89. The molecule has 0 amide bonds. The average molecular weight is 228 g/mol. The van der Waals surface area contributed by atoms with Crippen molar-refractivity contribution in [3.05, 3.63) is 0 Å². The van der Waals surface area contributed by atoms with Gasteiger partial charge in [-0.05, 0) is 13.8 Å². The molecular formula is C4H6Mn2O4+2. The van der Waals surface area contributed by atoms with Crippen LogP contribution in [-0.4, -0.2) is 11.9 Å². The number of carbonyl (C=O) groups is 2. The summed E-state index contributed by atoms with van der Waals surface area (Å²) >= 11 is 0. The first-order valence-electron chi connectivity index (χ1n) is 1.82. The predicted octanol–water partition coefficient (Wildman–Crippen LogP) is -2.49. The van der Waals surface area contributed by atoms with Crippen molar-refractivity contribution in [2.75, 3.05) is 0 Å². The Balaban J connectivity index is -0.0000000300. The van der Waals surface area contributed by atoms with Gasteiger partial charge in [-0.2, -0.15) is 0 Å². The third-order valence-electron chi connectivity index (χ3n) is 0. The molecule has 0 aromatic rings. The molecule has 0 unspecified atom stereocenters. The van der Waals surface area contributed by atoms with E-state index in [9.17, 15) is 0 Å². The van der Waals surface area contributed by atoms with Gasteiger partial charge in [0.2, 0.25) is 0 Å². The van der Waals surface area contributed by atoms with Crippen LogP contribution >= 0.6 is 0 Å². The van der Waals surface area contributed by atoms with E-state index in [2.05, 4.69) is 0 Å². The molecule has 0 aromatic carbocycles. The van der Waals surface area contributed by atoms with Crippen molar-refractivity contribution >= 4 is 11.9 Å². The summed E-state index contributed by atoms with van der Waals surface area (Å²) in [4.78, 5) is 17.8. The average Bonchev–Trinajstić information content (AvgIpc) is 1.25. The summed E-state index contributed by atoms with van der Waals surface area (Å²) in [5.74, 6) is -2.17. The van der Waals surface area contributed by atoms with E-state index in [-0.39, 0.29) is 34.1 Å². The van der Waals surface area contributed by atoms with Crippen molar-refractivity contribution < 1.29 is 53.9 Å². The molecule has 10 heavy (non-hydrogen) atoms. The van der Waals surface area contributed by atoms with E-state index in [1.54, 1.807) is 0 Å². The molecule has 2 radical (unpaired) electrons. The minimum Gasteiger partial charge on any atom is -0.550 e. The summed E-state index contributed by atoms with van der Waals surface area (Å²) in [7, 11) is 0. The van der Waals surface area contributed by atoms with Gasteiger partial charge in [-0.3, -0.25) is 0 Å². The van der Waals surface area contributed by atoms with Gasteiger partial charge < -0.3 is 19.8 Å². The standard InChI is InChI=1S/2C2H4O2.2Mn/c2*1-2(3)4;;/h2*1H3,(H,3,4);;/q;;2*+2/p-2. The Labute approximate surface area is 79.9 Å². The number of hydrogen-bond donors (Lipinski definition) is 0. The van der Waals surface area contributed by atoms with E-state index in [0.29, 0.717) is 0 Å². The molecule has 0 fully saturated rings. The molecular weight excluding hydrogens is 222 g/mol. The van der Waals surface area contributed by atoms with Crippen LogP contribution in [0.2, 0.25) is 0 Å². The van der Waals surface area contributed by atoms with Crippen molar-refractivity contribution in [1.29, 1.82) is 0 Å². The molecule has 0 spiro atoms. The van der Waals surface area contributed by atoms with Gasteiger partial charge in [0.15, 0.2) is 0 Å². The van der Waals surface area contributed by atoms with Crippen LogP contribution < -0.4 is 10.2 Å². The number of aliphatic carboxylic acids is 2. The third-order valence-corrected chi connectivity index (χ3v) is 0. The number of hydrogen-bond acceptors (Lipinski definition) is 4. The molecule has 0 aliphatic carbocycles. The molecule has 0 aromatic heterocycles. The number of carbonyl (C=O) groups excluding carboxylic acids is 2. The first-order chi connectivity index (χ1) is 3.46. The second-order valence-corrected chi connectivity index (χ2v) is 0.983. The monoisotopic (exact) mass is 228 g/mol. The van der Waals surface area contributed by atoms with Crippen molar-refractivity contribution in [3.8, 4) is 0 Å². The molecule has 0 atom stereocenters. The summed E-state index contributed by atoms with van der Waals surface area (Å²) in [6.45, 7) is 1.94. The summed E-state index contributed by atoms with van der Waals surface area (Å²) < 4.78 is 0. The van der Waals surface area contributed by atoms with Gasteiger partial charge in [-0.1, -0.05) is 0 Å². The van der Waals surface area contributed by atoms with E-state index >= 15 is 0 Å². The summed E-state index contributed by atoms with van der Waals surface area (Å²) in [6, 6.07) is 0. The Kier molecular flexibility index (Phi) is 36.0. The van der Waals surface area contributed by atoms with E-state index in [1.165, 1.54) is 0 Å². The van der Waals surface area contributed by atoms with Gasteiger partial charge in [0.05, 0.1) is 0 Å². The number of carboxylic acid groups (broad SMARTS) is 2. The molecule has 6 heteroatoms. The zero-order chi connectivity index (χ0) is 7.15. The smallest absolute Gasteiger partial charge is 0.550 e. The van der Waals surface area contributed by atoms with Gasteiger partial charge >= 0.3 is 34.1 Å². The SMILES string of the molecule is CC(=O)[O-].CC(=O)[O-].[Mn+2].[Mn+2]. The maximum Gasteiger partial charge on any atom is 2.00 e. The zero-order valence-electron chi connectivity index (χ0n) is 5.39. The normalized spacial score (nSPS) is 5.00. The van der Waals surface area contributed by atoms with E-state index in [1.807, 2.05) is 0 Å². The summed E-state index contributed by atoms with van der Waals surface area (Å²) in [5.41, 5.74) is 0. The molecule has 0 N–H and O–H groups in total. The molecule has 0 bridgehead atoms. The second-order valence-electron chi connectivity index (χ2n) is 0.983. The fourth-order valence-electron chi connectivity index (χ4n) is 0. The maximum absolute atomic E-state index is 8.89. The van der Waals surface area contributed by atoms with Crippen LogP contribution in [0.5, 0.6) is 0 Å². The Morgan fingerprint density at radius 3 is 0.900 bits per heavy atom. The Bertz CT molecular complexity index is 73.3. The molecule has 0 saturated heterocycles. The Morgan fingerprint density at radius 2 is 0.900 bits per heavy atom. The van der Waals surface area contributed by atoms with Crippen LogP contribution in [0.4, 0.5) is 0 Å². The van der Waals surface area contributed by atoms with Crippen LogP contribution in [0.25, 0.3) is 0 Å². The third kappa shape index (κ3) is 878000. The minimum absolute atomic E-state index is 0. The van der Waals surface area contributed by atoms with Gasteiger partial charge in [-0.15, -0.1) is 0 Å². The zero-order valence-corrected chi connectivity index (χ0v) is 7.75. The molecule has 4 nitrogen and oxygen atoms in total. The largest absolute Gasteiger partial charge is 2.00 e. The van der Waals surface area contributed by atoms with Crippen LogP contribution in [0, 0.1) is 0 Å². The summed E-state index contributed by atoms with van der Waals surface area (Å²) in [6.07, 6.45) is 0. The van der Waals surface area contributed by atoms with Crippen molar-refractivity contribution in [2.45, 2.75) is 13.8 Å². The van der Waals surface area contributed by atoms with Gasteiger partial charge in [0.1, 0.15) is 0 Å². The van der Waals surface area contributed by atoms with Crippen LogP contribution in [0.3, 0.4) is 0 Å². The van der Waals surface area contributed by atoms with Crippen LogP contribution in [0.15, 0.2) is 0 Å². The second kappa shape index (κ2) is 16.0.